The van der Waals surface area contributed by atoms with Gasteiger partial charge in [-0.1, -0.05) is 0 Å². The van der Waals surface area contributed by atoms with Crippen molar-refractivity contribution in [3.8, 4) is 0 Å². The molecule has 0 aliphatic rings. The van der Waals surface area contributed by atoms with Gasteiger partial charge in [-0.2, -0.15) is 0 Å². The van der Waals surface area contributed by atoms with E-state index in [0.717, 1.165) is 0 Å². The Hall–Kier alpha value is -1.97. The van der Waals surface area contributed by atoms with Crippen LogP contribution in [0.4, 0.5) is 5.69 Å². The van der Waals surface area contributed by atoms with Crippen LogP contribution in [0, 0.1) is 0 Å². The smallest absolute Gasteiger partial charge is 0.238 e. The number of carbonyl (C=O) groups is 2. The lowest BCUT2D eigenvalue weighted by molar-refractivity contribution is -0.305. The highest BCUT2D eigenvalue weighted by atomic mass is 32.2. The number of sulfonamides is 1. The molecule has 0 bridgehead atoms. The van der Waals surface area contributed by atoms with Crippen LogP contribution in [-0.2, 0) is 19.6 Å². The number of carboxylic acids is 1. The molecule has 7 N–H and O–H groups in total. The standard InChI is InChI=1S/C10H12N2O5S.H3N/c11-18(16,17)8-3-1-7(2-4-8)12-9(13)5-6-10(14)15;/h1-4H,5-6H2,(H,12,13)(H,14,15)(H2,11,16,17);1H3. The number of hydrogen-bond acceptors (Lipinski definition) is 5. The van der Waals surface area contributed by atoms with Gasteiger partial charge in [-0.3, -0.25) is 4.79 Å². The molecule has 1 aromatic rings. The summed E-state index contributed by atoms with van der Waals surface area (Å²) in [6.45, 7) is 0. The summed E-state index contributed by atoms with van der Waals surface area (Å²) in [6.07, 6.45) is -0.583. The minimum absolute atomic E-state index is 0. The molecule has 1 aromatic carbocycles. The average Bonchev–Trinajstić information content (AvgIpc) is 2.26. The van der Waals surface area contributed by atoms with Crippen LogP contribution in [0.3, 0.4) is 0 Å². The number of quaternary nitrogens is 1. The van der Waals surface area contributed by atoms with Gasteiger partial charge in [0.1, 0.15) is 0 Å². The molecule has 0 fully saturated rings. The maximum absolute atomic E-state index is 11.3. The Morgan fingerprint density at radius 1 is 1.16 bits per heavy atom. The Kier molecular flexibility index (Phi) is 6.12. The Morgan fingerprint density at radius 3 is 2.11 bits per heavy atom. The quantitative estimate of drug-likeness (QED) is 0.642. The van der Waals surface area contributed by atoms with E-state index in [1.807, 2.05) is 0 Å². The highest BCUT2D eigenvalue weighted by Crippen LogP contribution is 2.12. The Labute approximate surface area is 110 Å². The van der Waals surface area contributed by atoms with Crippen molar-refractivity contribution in [2.45, 2.75) is 17.7 Å². The van der Waals surface area contributed by atoms with Crippen LogP contribution >= 0.6 is 0 Å². The third-order valence-corrected chi connectivity index (χ3v) is 2.95. The minimum atomic E-state index is -3.77. The number of carboxylic acid groups (broad SMARTS) is 1. The summed E-state index contributed by atoms with van der Waals surface area (Å²) in [6, 6.07) is 5.20. The van der Waals surface area contributed by atoms with E-state index in [-0.39, 0.29) is 23.9 Å². The molecule has 8 nitrogen and oxygen atoms in total. The van der Waals surface area contributed by atoms with Gasteiger partial charge in [0, 0.05) is 18.1 Å². The monoisotopic (exact) mass is 289 g/mol. The third-order valence-electron chi connectivity index (χ3n) is 2.02. The first kappa shape index (κ1) is 17.0. The molecule has 0 unspecified atom stereocenters. The van der Waals surface area contributed by atoms with Crippen molar-refractivity contribution in [2.24, 2.45) is 5.14 Å². The van der Waals surface area contributed by atoms with Crippen LogP contribution < -0.4 is 21.7 Å². The summed E-state index contributed by atoms with van der Waals surface area (Å²) in [5, 5.41) is 17.5. The molecule has 9 heteroatoms. The molecule has 0 heterocycles. The van der Waals surface area contributed by atoms with Crippen molar-refractivity contribution >= 4 is 27.6 Å². The molecule has 0 saturated heterocycles. The molecule has 0 spiro atoms. The molecule has 1 rings (SSSR count). The number of rotatable bonds is 5. The maximum Gasteiger partial charge on any atom is 0.238 e. The summed E-state index contributed by atoms with van der Waals surface area (Å²) >= 11 is 0. The number of nitrogens with one attached hydrogen (secondary N) is 1. The molecule has 0 radical (unpaired) electrons. The normalized spacial score (nSPS) is 10.4. The van der Waals surface area contributed by atoms with E-state index in [1.165, 1.54) is 24.3 Å². The van der Waals surface area contributed by atoms with Gasteiger partial charge in [-0.05, 0) is 30.7 Å². The van der Waals surface area contributed by atoms with Crippen LogP contribution in [0.25, 0.3) is 0 Å². The lowest BCUT2D eigenvalue weighted by atomic mass is 10.2. The molecule has 0 aliphatic carbocycles. The summed E-state index contributed by atoms with van der Waals surface area (Å²) in [5.41, 5.74) is 0.353. The van der Waals surface area contributed by atoms with Gasteiger partial charge in [0.05, 0.1) is 4.90 Å². The highest BCUT2D eigenvalue weighted by Gasteiger charge is 2.07. The van der Waals surface area contributed by atoms with Gasteiger partial charge in [0.15, 0.2) is 0 Å². The van der Waals surface area contributed by atoms with Gasteiger partial charge >= 0.3 is 0 Å². The average molecular weight is 289 g/mol. The number of primary sulfonamides is 1. The summed E-state index contributed by atoms with van der Waals surface area (Å²) in [4.78, 5) is 21.3. The largest absolute Gasteiger partial charge is 0.550 e. The van der Waals surface area contributed by atoms with E-state index in [2.05, 4.69) is 5.32 Å². The number of amides is 1. The van der Waals surface area contributed by atoms with Crippen LogP contribution in [0.1, 0.15) is 12.8 Å². The number of benzene rings is 1. The van der Waals surface area contributed by atoms with Crippen molar-refractivity contribution in [2.75, 3.05) is 5.32 Å². The molecule has 19 heavy (non-hydrogen) atoms. The Morgan fingerprint density at radius 2 is 1.68 bits per heavy atom. The second-order valence-corrected chi connectivity index (χ2v) is 5.05. The fourth-order valence-corrected chi connectivity index (χ4v) is 1.68. The predicted molar refractivity (Wildman–Crippen MR) is 66.7 cm³/mol. The SMILES string of the molecule is NS(=O)(=O)c1ccc(NC(=O)CCC(=O)[O-])cc1.[NH4+]. The molecule has 0 aliphatic heterocycles. The zero-order valence-corrected chi connectivity index (χ0v) is 11.1. The number of anilines is 1. The molecule has 106 valence electrons. The van der Waals surface area contributed by atoms with Crippen molar-refractivity contribution in [3.63, 3.8) is 0 Å². The number of aliphatic carboxylic acids is 1. The van der Waals surface area contributed by atoms with Gasteiger partial charge in [0.2, 0.25) is 15.9 Å². The second-order valence-electron chi connectivity index (χ2n) is 3.49. The molecule has 0 aromatic heterocycles. The zero-order chi connectivity index (χ0) is 13.8. The first-order valence-corrected chi connectivity index (χ1v) is 6.46. The van der Waals surface area contributed by atoms with E-state index >= 15 is 0 Å². The first-order valence-electron chi connectivity index (χ1n) is 4.91. The Bertz CT molecular complexity index is 553. The third kappa shape index (κ3) is 5.95. The van der Waals surface area contributed by atoms with E-state index in [0.29, 0.717) is 5.69 Å². The zero-order valence-electron chi connectivity index (χ0n) is 10.3. The van der Waals surface area contributed by atoms with E-state index < -0.39 is 21.9 Å². The van der Waals surface area contributed by atoms with Crippen LogP contribution in [0.2, 0.25) is 0 Å². The van der Waals surface area contributed by atoms with E-state index in [4.69, 9.17) is 5.14 Å². The highest BCUT2D eigenvalue weighted by molar-refractivity contribution is 7.89. The molecular weight excluding hydrogens is 274 g/mol. The van der Waals surface area contributed by atoms with Crippen molar-refractivity contribution in [1.29, 1.82) is 0 Å². The number of nitrogens with two attached hydrogens (primary N) is 1. The van der Waals surface area contributed by atoms with Crippen molar-refractivity contribution in [3.05, 3.63) is 24.3 Å². The molecular formula is C10H15N3O5S. The topological polar surface area (TPSA) is 166 Å². The maximum atomic E-state index is 11.3. The van der Waals surface area contributed by atoms with E-state index in [1.54, 1.807) is 0 Å². The summed E-state index contributed by atoms with van der Waals surface area (Å²) in [7, 11) is -3.77. The Balaban J connectivity index is 0.00000324. The molecule has 0 atom stereocenters. The van der Waals surface area contributed by atoms with Crippen LogP contribution in [0.5, 0.6) is 0 Å². The lowest BCUT2D eigenvalue weighted by Gasteiger charge is -2.06. The number of hydrogen-bond donors (Lipinski definition) is 3. The summed E-state index contributed by atoms with van der Waals surface area (Å²) in [5.74, 6) is -1.81. The second kappa shape index (κ2) is 6.83. The van der Waals surface area contributed by atoms with Crippen molar-refractivity contribution < 1.29 is 23.1 Å². The van der Waals surface area contributed by atoms with Crippen LogP contribution in [-0.4, -0.2) is 20.3 Å². The minimum Gasteiger partial charge on any atom is -0.550 e. The van der Waals surface area contributed by atoms with Gasteiger partial charge in [-0.25, -0.2) is 13.6 Å². The first-order chi connectivity index (χ1) is 8.29. The van der Waals surface area contributed by atoms with Gasteiger partial charge < -0.3 is 21.4 Å². The van der Waals surface area contributed by atoms with Gasteiger partial charge in [-0.15, -0.1) is 0 Å². The molecule has 0 saturated carbocycles. The van der Waals surface area contributed by atoms with E-state index in [9.17, 15) is 23.1 Å². The summed E-state index contributed by atoms with van der Waals surface area (Å²) < 4.78 is 21.9. The number of carbonyl (C=O) groups excluding carboxylic acids is 2. The predicted octanol–water partition coefficient (Wildman–Crippen LogP) is -0.821. The van der Waals surface area contributed by atoms with Gasteiger partial charge in [0.25, 0.3) is 0 Å². The fraction of sp³-hybridized carbons (Fsp3) is 0.200. The molecule has 1 amide bonds. The van der Waals surface area contributed by atoms with Crippen LogP contribution in [0.15, 0.2) is 29.2 Å². The fourth-order valence-electron chi connectivity index (χ4n) is 1.17. The lowest BCUT2D eigenvalue weighted by Crippen LogP contribution is -2.24. The van der Waals surface area contributed by atoms with Crippen molar-refractivity contribution in [1.82, 2.24) is 6.15 Å².